The van der Waals surface area contributed by atoms with Crippen LogP contribution in [0.2, 0.25) is 0 Å². The zero-order valence-corrected chi connectivity index (χ0v) is 37.4. The van der Waals surface area contributed by atoms with E-state index in [-0.39, 0.29) is 31.1 Å². The summed E-state index contributed by atoms with van der Waals surface area (Å²) in [5.74, 6) is -0.00256. The number of unbranched alkanes of at least 4 members (excludes halogenated alkanes) is 30. The Morgan fingerprint density at radius 1 is 0.364 bits per heavy atom. The first-order valence-corrected chi connectivity index (χ1v) is 24.4. The predicted molar refractivity (Wildman–Crippen MR) is 233 cm³/mol. The van der Waals surface area contributed by atoms with Gasteiger partial charge < -0.3 is 14.2 Å². The fourth-order valence-corrected chi connectivity index (χ4v) is 7.30. The second-order valence-corrected chi connectivity index (χ2v) is 17.0. The molecule has 0 aliphatic carbocycles. The van der Waals surface area contributed by atoms with Crippen molar-refractivity contribution >= 4 is 17.9 Å². The highest BCUT2D eigenvalue weighted by atomic mass is 16.6. The first-order valence-electron chi connectivity index (χ1n) is 24.4. The Hall–Kier alpha value is -1.59. The molecule has 0 bridgehead atoms. The van der Waals surface area contributed by atoms with Crippen LogP contribution < -0.4 is 0 Å². The van der Waals surface area contributed by atoms with Gasteiger partial charge >= 0.3 is 17.9 Å². The number of hydrogen-bond acceptors (Lipinski definition) is 6. The molecule has 0 saturated heterocycles. The maximum absolute atomic E-state index is 12.7. The third-order valence-corrected chi connectivity index (χ3v) is 11.4. The Balaban J connectivity index is 4.32. The molecule has 0 spiro atoms. The summed E-state index contributed by atoms with van der Waals surface area (Å²) < 4.78 is 16.8. The van der Waals surface area contributed by atoms with Crippen LogP contribution in [0.15, 0.2) is 0 Å². The van der Waals surface area contributed by atoms with Crippen molar-refractivity contribution in [1.29, 1.82) is 0 Å². The average Bonchev–Trinajstić information content (AvgIpc) is 3.18. The molecule has 0 fully saturated rings. The van der Waals surface area contributed by atoms with E-state index in [0.717, 1.165) is 63.7 Å². The van der Waals surface area contributed by atoms with Gasteiger partial charge in [0, 0.05) is 19.3 Å². The van der Waals surface area contributed by atoms with Crippen LogP contribution in [0, 0.1) is 5.92 Å². The molecule has 0 aromatic carbocycles. The van der Waals surface area contributed by atoms with Crippen molar-refractivity contribution in [2.75, 3.05) is 13.2 Å². The van der Waals surface area contributed by atoms with Gasteiger partial charge in [-0.05, 0) is 25.2 Å². The molecular weight excluding hydrogens is 685 g/mol. The highest BCUT2D eigenvalue weighted by molar-refractivity contribution is 5.71. The topological polar surface area (TPSA) is 78.9 Å². The molecule has 1 unspecified atom stereocenters. The Morgan fingerprint density at radius 3 is 0.945 bits per heavy atom. The van der Waals surface area contributed by atoms with Crippen LogP contribution in [0.25, 0.3) is 0 Å². The number of ether oxygens (including phenoxy) is 3. The van der Waals surface area contributed by atoms with Gasteiger partial charge in [-0.2, -0.15) is 0 Å². The Bertz CT molecular complexity index is 828. The van der Waals surface area contributed by atoms with Crippen molar-refractivity contribution in [2.45, 2.75) is 278 Å². The van der Waals surface area contributed by atoms with E-state index in [9.17, 15) is 14.4 Å². The maximum Gasteiger partial charge on any atom is 0.306 e. The highest BCUT2D eigenvalue weighted by Crippen LogP contribution is 2.17. The van der Waals surface area contributed by atoms with Crippen molar-refractivity contribution < 1.29 is 28.6 Å². The maximum atomic E-state index is 12.7. The largest absolute Gasteiger partial charge is 0.462 e. The summed E-state index contributed by atoms with van der Waals surface area (Å²) in [7, 11) is 0. The molecule has 6 heteroatoms. The SMILES string of the molecule is CCCCCCCCCCCCCCCCC(=O)OC[C@@H](COC(=O)CCCCCCCCCCC(C)CC)OC(=O)CCCCCCCCCCCCC. The lowest BCUT2D eigenvalue weighted by Gasteiger charge is -2.18. The molecule has 0 amide bonds. The summed E-state index contributed by atoms with van der Waals surface area (Å²) in [5, 5.41) is 0. The van der Waals surface area contributed by atoms with E-state index < -0.39 is 6.10 Å². The van der Waals surface area contributed by atoms with E-state index in [4.69, 9.17) is 14.2 Å². The second-order valence-electron chi connectivity index (χ2n) is 17.0. The van der Waals surface area contributed by atoms with Gasteiger partial charge in [0.2, 0.25) is 0 Å². The van der Waals surface area contributed by atoms with Crippen LogP contribution in [-0.4, -0.2) is 37.2 Å². The van der Waals surface area contributed by atoms with Crippen LogP contribution >= 0.6 is 0 Å². The van der Waals surface area contributed by atoms with Gasteiger partial charge in [-0.15, -0.1) is 0 Å². The molecule has 2 atom stereocenters. The van der Waals surface area contributed by atoms with E-state index in [0.29, 0.717) is 19.3 Å². The summed E-state index contributed by atoms with van der Waals surface area (Å²) in [6, 6.07) is 0. The zero-order chi connectivity index (χ0) is 40.3. The lowest BCUT2D eigenvalue weighted by Crippen LogP contribution is -2.30. The lowest BCUT2D eigenvalue weighted by atomic mass is 9.99. The molecule has 326 valence electrons. The van der Waals surface area contributed by atoms with Gasteiger partial charge in [0.15, 0.2) is 6.10 Å². The molecule has 0 N–H and O–H groups in total. The monoisotopic (exact) mass is 779 g/mol. The summed E-state index contributed by atoms with van der Waals surface area (Å²) in [6.07, 6.45) is 43.6. The smallest absolute Gasteiger partial charge is 0.306 e. The number of carbonyl (C=O) groups excluding carboxylic acids is 3. The fraction of sp³-hybridized carbons (Fsp3) is 0.939. The van der Waals surface area contributed by atoms with E-state index >= 15 is 0 Å². The van der Waals surface area contributed by atoms with Gasteiger partial charge in [-0.3, -0.25) is 14.4 Å². The molecule has 0 heterocycles. The predicted octanol–water partition coefficient (Wildman–Crippen LogP) is 15.5. The third-order valence-electron chi connectivity index (χ3n) is 11.4. The molecule has 0 rings (SSSR count). The highest BCUT2D eigenvalue weighted by Gasteiger charge is 2.19. The minimum Gasteiger partial charge on any atom is -0.462 e. The van der Waals surface area contributed by atoms with Crippen molar-refractivity contribution in [2.24, 2.45) is 5.92 Å². The van der Waals surface area contributed by atoms with Crippen molar-refractivity contribution in [1.82, 2.24) is 0 Å². The summed E-state index contributed by atoms with van der Waals surface area (Å²) in [4.78, 5) is 37.8. The van der Waals surface area contributed by atoms with Gasteiger partial charge in [0.1, 0.15) is 13.2 Å². The standard InChI is InChI=1S/C49H94O6/c1-5-8-10-12-14-16-18-19-20-22-23-28-32-36-40-47(50)53-43-46(55-49(52)42-38-34-30-24-21-17-15-13-11-9-6-2)44-54-48(51)41-37-33-29-26-25-27-31-35-39-45(4)7-3/h45-46H,5-44H2,1-4H3/t45?,46-/m0/s1. The van der Waals surface area contributed by atoms with Crippen molar-refractivity contribution in [3.63, 3.8) is 0 Å². The van der Waals surface area contributed by atoms with Gasteiger partial charge in [-0.25, -0.2) is 0 Å². The minimum atomic E-state index is -0.759. The van der Waals surface area contributed by atoms with Crippen molar-refractivity contribution in [3.8, 4) is 0 Å². The van der Waals surface area contributed by atoms with Crippen LogP contribution in [0.1, 0.15) is 272 Å². The molecular formula is C49H94O6. The molecule has 55 heavy (non-hydrogen) atoms. The average molecular weight is 779 g/mol. The van der Waals surface area contributed by atoms with Crippen LogP contribution in [-0.2, 0) is 28.6 Å². The van der Waals surface area contributed by atoms with E-state index in [1.807, 2.05) is 0 Å². The number of rotatable bonds is 44. The van der Waals surface area contributed by atoms with Gasteiger partial charge in [0.25, 0.3) is 0 Å². The number of esters is 3. The number of carbonyl (C=O) groups is 3. The first-order chi connectivity index (χ1) is 26.9. The molecule has 0 aromatic rings. The Labute approximate surface area is 342 Å². The molecule has 0 radical (unpaired) electrons. The summed E-state index contributed by atoms with van der Waals surface area (Å²) in [6.45, 7) is 9.01. The lowest BCUT2D eigenvalue weighted by molar-refractivity contribution is -0.167. The summed E-state index contributed by atoms with van der Waals surface area (Å²) in [5.41, 5.74) is 0. The minimum absolute atomic E-state index is 0.0634. The van der Waals surface area contributed by atoms with Gasteiger partial charge in [0.05, 0.1) is 0 Å². The Morgan fingerprint density at radius 2 is 0.636 bits per heavy atom. The first kappa shape index (κ1) is 53.4. The summed E-state index contributed by atoms with van der Waals surface area (Å²) >= 11 is 0. The molecule has 0 aliphatic heterocycles. The molecule has 0 saturated carbocycles. The zero-order valence-electron chi connectivity index (χ0n) is 37.4. The van der Waals surface area contributed by atoms with Crippen LogP contribution in [0.5, 0.6) is 0 Å². The van der Waals surface area contributed by atoms with Crippen LogP contribution in [0.4, 0.5) is 0 Å². The number of hydrogen-bond donors (Lipinski definition) is 0. The third kappa shape index (κ3) is 41.9. The van der Waals surface area contributed by atoms with Crippen molar-refractivity contribution in [3.05, 3.63) is 0 Å². The van der Waals surface area contributed by atoms with E-state index in [2.05, 4.69) is 27.7 Å². The van der Waals surface area contributed by atoms with Crippen LogP contribution in [0.3, 0.4) is 0 Å². The molecule has 0 aliphatic rings. The van der Waals surface area contributed by atoms with E-state index in [1.165, 1.54) is 167 Å². The normalized spacial score (nSPS) is 12.4. The molecule has 0 aromatic heterocycles. The van der Waals surface area contributed by atoms with Gasteiger partial charge in [-0.1, -0.05) is 233 Å². The quantitative estimate of drug-likeness (QED) is 0.0348. The second kappa shape index (κ2) is 43.5. The molecule has 6 nitrogen and oxygen atoms in total. The Kier molecular flexibility index (Phi) is 42.3. The fourth-order valence-electron chi connectivity index (χ4n) is 7.30. The van der Waals surface area contributed by atoms with E-state index in [1.54, 1.807) is 0 Å².